The first-order chi connectivity index (χ1) is 7.54. The summed E-state index contributed by atoms with van der Waals surface area (Å²) in [5, 5.41) is 3.06. The predicted octanol–water partition coefficient (Wildman–Crippen LogP) is 2.82. The van der Waals surface area contributed by atoms with Crippen molar-refractivity contribution in [3.63, 3.8) is 0 Å². The molecule has 0 aliphatic rings. The second kappa shape index (κ2) is 5.54. The van der Waals surface area contributed by atoms with Gasteiger partial charge in [-0.25, -0.2) is 0 Å². The van der Waals surface area contributed by atoms with Crippen LogP contribution in [0.15, 0.2) is 18.2 Å². The Kier molecular flexibility index (Phi) is 4.35. The first kappa shape index (κ1) is 12.6. The minimum absolute atomic E-state index is 0.106. The van der Waals surface area contributed by atoms with Crippen molar-refractivity contribution in [2.75, 3.05) is 19.0 Å². The van der Waals surface area contributed by atoms with Crippen LogP contribution in [0.2, 0.25) is 0 Å². The molecule has 0 fully saturated rings. The Morgan fingerprint density at radius 3 is 2.62 bits per heavy atom. The van der Waals surface area contributed by atoms with Crippen LogP contribution < -0.4 is 10.1 Å². The largest absolute Gasteiger partial charge is 0.495 e. The van der Waals surface area contributed by atoms with Gasteiger partial charge < -0.3 is 10.1 Å². The van der Waals surface area contributed by atoms with Crippen LogP contribution in [0.3, 0.4) is 0 Å². The fourth-order valence-electron chi connectivity index (χ4n) is 1.43. The molecule has 0 atom stereocenters. The first-order valence-electron chi connectivity index (χ1n) is 5.46. The fourth-order valence-corrected chi connectivity index (χ4v) is 1.43. The zero-order valence-electron chi connectivity index (χ0n) is 10.3. The summed E-state index contributed by atoms with van der Waals surface area (Å²) >= 11 is 0. The molecule has 0 spiro atoms. The highest BCUT2D eigenvalue weighted by molar-refractivity contribution is 5.81. The number of carbonyl (C=O) groups is 1. The van der Waals surface area contributed by atoms with Crippen molar-refractivity contribution >= 4 is 11.5 Å². The molecule has 0 heterocycles. The van der Waals surface area contributed by atoms with Crippen LogP contribution in [0.1, 0.15) is 32.3 Å². The molecule has 0 aliphatic carbocycles. The van der Waals surface area contributed by atoms with Crippen molar-refractivity contribution in [1.29, 1.82) is 0 Å². The zero-order valence-corrected chi connectivity index (χ0v) is 10.3. The van der Waals surface area contributed by atoms with Gasteiger partial charge in [0.15, 0.2) is 0 Å². The number of Topliss-reactive ketones (excluding diaryl/α,β-unsaturated/α-hetero) is 1. The Balaban J connectivity index is 2.88. The van der Waals surface area contributed by atoms with Gasteiger partial charge in [-0.3, -0.25) is 4.79 Å². The van der Waals surface area contributed by atoms with Gasteiger partial charge in [0.05, 0.1) is 19.3 Å². The van der Waals surface area contributed by atoms with Crippen molar-refractivity contribution < 1.29 is 9.53 Å². The number of hydrogen-bond donors (Lipinski definition) is 1. The molecule has 0 unspecified atom stereocenters. The van der Waals surface area contributed by atoms with Gasteiger partial charge in [0.25, 0.3) is 0 Å². The summed E-state index contributed by atoms with van der Waals surface area (Å²) < 4.78 is 5.29. The normalized spacial score (nSPS) is 10.3. The van der Waals surface area contributed by atoms with Crippen LogP contribution in [0.25, 0.3) is 0 Å². The topological polar surface area (TPSA) is 38.3 Å². The molecule has 1 aromatic rings. The lowest BCUT2D eigenvalue weighted by Crippen LogP contribution is -2.10. The quantitative estimate of drug-likeness (QED) is 0.830. The lowest BCUT2D eigenvalue weighted by Gasteiger charge is -2.13. The zero-order chi connectivity index (χ0) is 12.1. The van der Waals surface area contributed by atoms with Crippen molar-refractivity contribution in [3.8, 4) is 5.75 Å². The van der Waals surface area contributed by atoms with Crippen molar-refractivity contribution in [1.82, 2.24) is 0 Å². The van der Waals surface area contributed by atoms with E-state index in [1.54, 1.807) is 14.0 Å². The van der Waals surface area contributed by atoms with Gasteiger partial charge in [0.1, 0.15) is 11.5 Å². The number of methoxy groups -OCH3 is 1. The van der Waals surface area contributed by atoms with E-state index in [1.807, 2.05) is 12.1 Å². The molecule has 1 aromatic carbocycles. The Labute approximate surface area is 96.8 Å². The molecule has 0 saturated heterocycles. The van der Waals surface area contributed by atoms with E-state index in [-0.39, 0.29) is 5.78 Å². The molecule has 0 radical (unpaired) electrons. The predicted molar refractivity (Wildman–Crippen MR) is 66.3 cm³/mol. The Morgan fingerprint density at radius 2 is 2.12 bits per heavy atom. The molecular weight excluding hydrogens is 202 g/mol. The average Bonchev–Trinajstić information content (AvgIpc) is 2.25. The lowest BCUT2D eigenvalue weighted by molar-refractivity contribution is -0.115. The van der Waals surface area contributed by atoms with Crippen LogP contribution in [0, 0.1) is 0 Å². The van der Waals surface area contributed by atoms with Crippen molar-refractivity contribution in [3.05, 3.63) is 23.8 Å². The molecule has 88 valence electrons. The highest BCUT2D eigenvalue weighted by Crippen LogP contribution is 2.28. The Hall–Kier alpha value is -1.51. The van der Waals surface area contributed by atoms with Gasteiger partial charge in [-0.1, -0.05) is 19.9 Å². The van der Waals surface area contributed by atoms with E-state index in [1.165, 1.54) is 5.56 Å². The van der Waals surface area contributed by atoms with E-state index in [0.29, 0.717) is 12.5 Å². The summed E-state index contributed by atoms with van der Waals surface area (Å²) in [5.74, 6) is 1.36. The molecule has 3 nitrogen and oxygen atoms in total. The summed E-state index contributed by atoms with van der Waals surface area (Å²) in [6.07, 6.45) is 0. The van der Waals surface area contributed by atoms with E-state index in [9.17, 15) is 4.79 Å². The van der Waals surface area contributed by atoms with Crippen LogP contribution in [-0.4, -0.2) is 19.4 Å². The van der Waals surface area contributed by atoms with E-state index in [4.69, 9.17) is 4.74 Å². The smallest absolute Gasteiger partial charge is 0.148 e. The van der Waals surface area contributed by atoms with E-state index < -0.39 is 0 Å². The lowest BCUT2D eigenvalue weighted by atomic mass is 10.0. The van der Waals surface area contributed by atoms with Gasteiger partial charge >= 0.3 is 0 Å². The molecule has 1 rings (SSSR count). The average molecular weight is 221 g/mol. The van der Waals surface area contributed by atoms with Crippen LogP contribution in [0.4, 0.5) is 5.69 Å². The maximum atomic E-state index is 10.9. The summed E-state index contributed by atoms with van der Waals surface area (Å²) in [6, 6.07) is 6.01. The van der Waals surface area contributed by atoms with Crippen LogP contribution in [0.5, 0.6) is 5.75 Å². The van der Waals surface area contributed by atoms with Crippen molar-refractivity contribution in [2.24, 2.45) is 0 Å². The molecule has 0 bridgehead atoms. The third kappa shape index (κ3) is 3.26. The molecule has 0 amide bonds. The third-order valence-electron chi connectivity index (χ3n) is 2.42. The monoisotopic (exact) mass is 221 g/mol. The second-order valence-electron chi connectivity index (χ2n) is 4.17. The van der Waals surface area contributed by atoms with Crippen molar-refractivity contribution in [2.45, 2.75) is 26.7 Å². The number of hydrogen-bond acceptors (Lipinski definition) is 3. The Bertz CT molecular complexity index is 372. The molecule has 3 heteroatoms. The second-order valence-corrected chi connectivity index (χ2v) is 4.17. The number of anilines is 1. The number of ketones is 1. The van der Waals surface area contributed by atoms with E-state index >= 15 is 0 Å². The van der Waals surface area contributed by atoms with E-state index in [2.05, 4.69) is 25.2 Å². The minimum Gasteiger partial charge on any atom is -0.495 e. The van der Waals surface area contributed by atoms with Gasteiger partial charge in [0.2, 0.25) is 0 Å². The fraction of sp³-hybridized carbons (Fsp3) is 0.462. The van der Waals surface area contributed by atoms with Gasteiger partial charge in [-0.15, -0.1) is 0 Å². The maximum Gasteiger partial charge on any atom is 0.148 e. The molecule has 1 N–H and O–H groups in total. The Morgan fingerprint density at radius 1 is 1.44 bits per heavy atom. The third-order valence-corrected chi connectivity index (χ3v) is 2.42. The highest BCUT2D eigenvalue weighted by atomic mass is 16.5. The van der Waals surface area contributed by atoms with E-state index in [0.717, 1.165) is 11.4 Å². The summed E-state index contributed by atoms with van der Waals surface area (Å²) in [7, 11) is 1.64. The molecule has 0 aromatic heterocycles. The number of carbonyl (C=O) groups excluding carboxylic acids is 1. The van der Waals surface area contributed by atoms with Gasteiger partial charge in [-0.05, 0) is 30.5 Å². The number of nitrogens with one attached hydrogen (secondary N) is 1. The number of rotatable bonds is 5. The van der Waals surface area contributed by atoms with Gasteiger partial charge in [0, 0.05) is 0 Å². The summed E-state index contributed by atoms with van der Waals surface area (Å²) in [4.78, 5) is 10.9. The SMILES string of the molecule is COc1cc(C(C)C)ccc1NCC(C)=O. The molecule has 16 heavy (non-hydrogen) atoms. The number of benzene rings is 1. The maximum absolute atomic E-state index is 10.9. The minimum atomic E-state index is 0.106. The summed E-state index contributed by atoms with van der Waals surface area (Å²) in [5.41, 5.74) is 2.09. The number of ether oxygens (including phenoxy) is 1. The van der Waals surface area contributed by atoms with Crippen LogP contribution >= 0.6 is 0 Å². The molecule has 0 saturated carbocycles. The molecular formula is C13H19NO2. The van der Waals surface area contributed by atoms with Gasteiger partial charge in [-0.2, -0.15) is 0 Å². The molecule has 0 aliphatic heterocycles. The standard InChI is InChI=1S/C13H19NO2/c1-9(2)11-5-6-12(13(7-11)16-4)14-8-10(3)15/h5-7,9,14H,8H2,1-4H3. The van der Waals surface area contributed by atoms with Crippen LogP contribution in [-0.2, 0) is 4.79 Å². The summed E-state index contributed by atoms with van der Waals surface area (Å²) in [6.45, 7) is 6.16. The highest BCUT2D eigenvalue weighted by Gasteiger charge is 2.06. The first-order valence-corrected chi connectivity index (χ1v) is 5.46.